The Labute approximate surface area is 196 Å². The third-order valence-electron chi connectivity index (χ3n) is 5.07. The van der Waals surface area contributed by atoms with Crippen molar-refractivity contribution in [3.05, 3.63) is 35.5 Å². The largest absolute Gasteiger partial charge is 0.474 e. The van der Waals surface area contributed by atoms with Crippen molar-refractivity contribution in [2.45, 2.75) is 77.0 Å². The molecule has 0 bridgehead atoms. The van der Waals surface area contributed by atoms with Crippen LogP contribution in [0.15, 0.2) is 24.9 Å². The second-order valence-electron chi connectivity index (χ2n) is 9.29. The van der Waals surface area contributed by atoms with Crippen molar-refractivity contribution in [1.29, 1.82) is 0 Å². The molecule has 2 amide bonds. The fourth-order valence-corrected chi connectivity index (χ4v) is 3.31. The molecule has 0 unspecified atom stereocenters. The molecule has 8 heteroatoms. The third-order valence-corrected chi connectivity index (χ3v) is 5.28. The first-order valence-corrected chi connectivity index (χ1v) is 11.5. The second kappa shape index (κ2) is 11.5. The Bertz CT molecular complexity index is 805. The second-order valence-corrected chi connectivity index (χ2v) is 9.73. The Morgan fingerprint density at radius 2 is 2.00 bits per heavy atom. The summed E-state index contributed by atoms with van der Waals surface area (Å²) in [5.74, 6) is 0.287. The third kappa shape index (κ3) is 8.34. The molecule has 32 heavy (non-hydrogen) atoms. The number of halogens is 1. The maximum atomic E-state index is 13.4. The van der Waals surface area contributed by atoms with Crippen LogP contribution in [0.25, 0.3) is 0 Å². The minimum absolute atomic E-state index is 0.146. The van der Waals surface area contributed by atoms with Gasteiger partial charge >= 0.3 is 6.09 Å². The maximum Gasteiger partial charge on any atom is 0.410 e. The van der Waals surface area contributed by atoms with E-state index in [1.54, 1.807) is 45.8 Å². The van der Waals surface area contributed by atoms with Crippen molar-refractivity contribution >= 4 is 23.6 Å². The zero-order valence-corrected chi connectivity index (χ0v) is 20.7. The molecule has 0 aliphatic heterocycles. The van der Waals surface area contributed by atoms with Gasteiger partial charge in [-0.3, -0.25) is 9.69 Å². The van der Waals surface area contributed by atoms with Crippen LogP contribution in [0.4, 0.5) is 4.79 Å². The number of hydrogen-bond acceptors (Lipinski definition) is 5. The summed E-state index contributed by atoms with van der Waals surface area (Å²) in [7, 11) is 3.34. The number of carbonyl (C=O) groups excluding carboxylic acids is 2. The van der Waals surface area contributed by atoms with E-state index in [0.717, 1.165) is 32.1 Å². The zero-order valence-electron chi connectivity index (χ0n) is 19.9. The highest BCUT2D eigenvalue weighted by Crippen LogP contribution is 2.30. The van der Waals surface area contributed by atoms with E-state index in [4.69, 9.17) is 21.1 Å². The normalized spacial score (nSPS) is 14.4. The van der Waals surface area contributed by atoms with Gasteiger partial charge in [0.25, 0.3) is 0 Å². The van der Waals surface area contributed by atoms with Gasteiger partial charge in [0, 0.05) is 38.8 Å². The smallest absolute Gasteiger partial charge is 0.410 e. The Balaban J connectivity index is 2.25. The molecular weight excluding hydrogens is 430 g/mol. The van der Waals surface area contributed by atoms with E-state index < -0.39 is 17.7 Å². The summed E-state index contributed by atoms with van der Waals surface area (Å²) in [6.07, 6.45) is 7.88. The maximum absolute atomic E-state index is 13.4. The van der Waals surface area contributed by atoms with Gasteiger partial charge < -0.3 is 14.4 Å². The van der Waals surface area contributed by atoms with Crippen LogP contribution in [0.3, 0.4) is 0 Å². The SMILES string of the molecule is C=CCCCCN(C)C(=O)[C@H](Cc1cc(Cl)cnc1OC1CC1)N(C)C(=O)OC(C)(C)C. The monoisotopic (exact) mass is 465 g/mol. The number of likely N-dealkylation sites (N-methyl/N-ethyl adjacent to an activating group) is 2. The molecule has 7 nitrogen and oxygen atoms in total. The molecule has 1 heterocycles. The average Bonchev–Trinajstić information content (AvgIpc) is 3.53. The number of unbranched alkanes of at least 4 members (excludes halogenated alkanes) is 2. The summed E-state index contributed by atoms with van der Waals surface area (Å²) in [6.45, 7) is 9.71. The molecule has 1 fully saturated rings. The molecule has 0 saturated heterocycles. The highest BCUT2D eigenvalue weighted by molar-refractivity contribution is 6.30. The molecule has 1 aliphatic rings. The number of nitrogens with zero attached hydrogens (tertiary/aromatic N) is 3. The van der Waals surface area contributed by atoms with Crippen LogP contribution < -0.4 is 4.74 Å². The summed E-state index contributed by atoms with van der Waals surface area (Å²) in [5, 5.41) is 0.451. The van der Waals surface area contributed by atoms with Crippen LogP contribution >= 0.6 is 11.6 Å². The number of pyridine rings is 1. The van der Waals surface area contributed by atoms with Gasteiger partial charge in [0.15, 0.2) is 0 Å². The van der Waals surface area contributed by atoms with Gasteiger partial charge in [0.1, 0.15) is 17.7 Å². The molecule has 1 aromatic heterocycles. The van der Waals surface area contributed by atoms with Crippen LogP contribution in [0.5, 0.6) is 5.88 Å². The number of allylic oxidation sites excluding steroid dienone is 1. The fourth-order valence-electron chi connectivity index (χ4n) is 3.13. The predicted octanol–water partition coefficient (Wildman–Crippen LogP) is 4.87. The first-order chi connectivity index (χ1) is 15.0. The Hall–Kier alpha value is -2.28. The summed E-state index contributed by atoms with van der Waals surface area (Å²) >= 11 is 6.20. The summed E-state index contributed by atoms with van der Waals surface area (Å²) in [4.78, 5) is 33.6. The molecule has 1 saturated carbocycles. The topological polar surface area (TPSA) is 72.0 Å². The lowest BCUT2D eigenvalue weighted by atomic mass is 10.0. The Kier molecular flexibility index (Phi) is 9.37. The van der Waals surface area contributed by atoms with E-state index in [1.807, 2.05) is 6.08 Å². The molecular formula is C24H36ClN3O4. The van der Waals surface area contributed by atoms with Gasteiger partial charge in [0.05, 0.1) is 5.02 Å². The van der Waals surface area contributed by atoms with Gasteiger partial charge in [-0.15, -0.1) is 6.58 Å². The van der Waals surface area contributed by atoms with Gasteiger partial charge in [0.2, 0.25) is 11.8 Å². The lowest BCUT2D eigenvalue weighted by molar-refractivity contribution is -0.135. The van der Waals surface area contributed by atoms with Gasteiger partial charge in [-0.2, -0.15) is 0 Å². The molecule has 0 spiro atoms. The van der Waals surface area contributed by atoms with E-state index in [-0.39, 0.29) is 18.4 Å². The Morgan fingerprint density at radius 1 is 1.31 bits per heavy atom. The fraction of sp³-hybridized carbons (Fsp3) is 0.625. The van der Waals surface area contributed by atoms with Crippen molar-refractivity contribution in [3.63, 3.8) is 0 Å². The molecule has 2 rings (SSSR count). The first kappa shape index (κ1) is 26.0. The van der Waals surface area contributed by atoms with Crippen molar-refractivity contribution in [3.8, 4) is 5.88 Å². The van der Waals surface area contributed by atoms with Crippen molar-refractivity contribution in [2.75, 3.05) is 20.6 Å². The van der Waals surface area contributed by atoms with E-state index in [1.165, 1.54) is 11.1 Å². The molecule has 178 valence electrons. The highest BCUT2D eigenvalue weighted by Gasteiger charge is 2.34. The van der Waals surface area contributed by atoms with Crippen LogP contribution in [-0.4, -0.2) is 65.2 Å². The number of rotatable bonds is 11. The van der Waals surface area contributed by atoms with E-state index >= 15 is 0 Å². The Morgan fingerprint density at radius 3 is 2.59 bits per heavy atom. The minimum Gasteiger partial charge on any atom is -0.474 e. The summed E-state index contributed by atoms with van der Waals surface area (Å²) < 4.78 is 11.4. The van der Waals surface area contributed by atoms with Crippen LogP contribution in [0, 0.1) is 0 Å². The van der Waals surface area contributed by atoms with Crippen molar-refractivity contribution in [1.82, 2.24) is 14.8 Å². The quantitative estimate of drug-likeness (QED) is 0.344. The highest BCUT2D eigenvalue weighted by atomic mass is 35.5. The number of ether oxygens (including phenoxy) is 2. The zero-order chi connectivity index (χ0) is 23.9. The molecule has 1 aromatic rings. The number of hydrogen-bond donors (Lipinski definition) is 0. The van der Waals surface area contributed by atoms with Gasteiger partial charge in [-0.05, 0) is 58.9 Å². The van der Waals surface area contributed by atoms with Gasteiger partial charge in [-0.25, -0.2) is 9.78 Å². The first-order valence-electron chi connectivity index (χ1n) is 11.1. The molecule has 1 aliphatic carbocycles. The number of amides is 2. The van der Waals surface area contributed by atoms with E-state index in [9.17, 15) is 9.59 Å². The lowest BCUT2D eigenvalue weighted by Crippen LogP contribution is -2.50. The molecule has 1 atom stereocenters. The summed E-state index contributed by atoms with van der Waals surface area (Å²) in [6, 6.07) is 0.968. The standard InChI is InChI=1S/C24H36ClN3O4/c1-7-8-9-10-13-27(5)22(29)20(28(6)23(30)32-24(2,3)4)15-17-14-18(25)16-26-21(17)31-19-11-12-19/h7,14,16,19-20H,1,8-13,15H2,2-6H3/t20-/m0/s1. The summed E-state index contributed by atoms with van der Waals surface area (Å²) in [5.41, 5.74) is 0.0196. The van der Waals surface area contributed by atoms with Crippen molar-refractivity contribution < 1.29 is 19.1 Å². The van der Waals surface area contributed by atoms with Crippen molar-refractivity contribution in [2.24, 2.45) is 0 Å². The van der Waals surface area contributed by atoms with E-state index in [0.29, 0.717) is 23.0 Å². The van der Waals surface area contributed by atoms with Crippen LogP contribution in [0.2, 0.25) is 5.02 Å². The van der Waals surface area contributed by atoms with Crippen LogP contribution in [0.1, 0.15) is 58.4 Å². The minimum atomic E-state index is -0.781. The van der Waals surface area contributed by atoms with Crippen LogP contribution in [-0.2, 0) is 16.0 Å². The average molecular weight is 466 g/mol. The molecule has 0 radical (unpaired) electrons. The molecule has 0 aromatic carbocycles. The number of aromatic nitrogens is 1. The van der Waals surface area contributed by atoms with Gasteiger partial charge in [-0.1, -0.05) is 17.7 Å². The lowest BCUT2D eigenvalue weighted by Gasteiger charge is -2.32. The number of carbonyl (C=O) groups is 2. The predicted molar refractivity (Wildman–Crippen MR) is 126 cm³/mol. The molecule has 0 N–H and O–H groups in total. The van der Waals surface area contributed by atoms with E-state index in [2.05, 4.69) is 11.6 Å².